The molecule has 8 nitrogen and oxygen atoms in total. The summed E-state index contributed by atoms with van der Waals surface area (Å²) in [6.07, 6.45) is 1.54. The smallest absolute Gasteiger partial charge is 0.239 e. The van der Waals surface area contributed by atoms with Gasteiger partial charge < -0.3 is 14.6 Å². The molecule has 136 valence electrons. The first-order valence-electron chi connectivity index (χ1n) is 7.74. The van der Waals surface area contributed by atoms with Crippen molar-refractivity contribution in [2.24, 2.45) is 0 Å². The number of hydrogen-bond donors (Lipinski definition) is 2. The lowest BCUT2D eigenvalue weighted by molar-refractivity contribution is -0.132. The van der Waals surface area contributed by atoms with Gasteiger partial charge in [-0.25, -0.2) is 4.98 Å². The summed E-state index contributed by atoms with van der Waals surface area (Å²) in [4.78, 5) is 30.8. The molecule has 0 spiro atoms. The van der Waals surface area contributed by atoms with Crippen molar-refractivity contribution in [1.29, 1.82) is 0 Å². The molecule has 26 heavy (non-hydrogen) atoms. The SMILES string of the molecule is CN(CC(=O)NCc1ccco1)C(=O)CSc1n[nH]c(-c2cccs2)n1. The van der Waals surface area contributed by atoms with Gasteiger partial charge in [0.15, 0.2) is 5.82 Å². The third-order valence-electron chi connectivity index (χ3n) is 3.39. The maximum absolute atomic E-state index is 12.2. The lowest BCUT2D eigenvalue weighted by Crippen LogP contribution is -2.38. The highest BCUT2D eigenvalue weighted by Crippen LogP contribution is 2.23. The molecule has 2 N–H and O–H groups in total. The van der Waals surface area contributed by atoms with E-state index in [1.807, 2.05) is 17.5 Å². The molecule has 0 saturated heterocycles. The molecule has 0 radical (unpaired) electrons. The highest BCUT2D eigenvalue weighted by molar-refractivity contribution is 7.99. The van der Waals surface area contributed by atoms with Crippen molar-refractivity contribution in [1.82, 2.24) is 25.4 Å². The second-order valence-electron chi connectivity index (χ2n) is 5.34. The number of carbonyl (C=O) groups is 2. The van der Waals surface area contributed by atoms with Gasteiger partial charge in [-0.3, -0.25) is 14.7 Å². The number of thioether (sulfide) groups is 1. The summed E-state index contributed by atoms with van der Waals surface area (Å²) in [7, 11) is 1.59. The number of aromatic nitrogens is 3. The lowest BCUT2D eigenvalue weighted by atomic mass is 10.4. The Kier molecular flexibility index (Phi) is 6.08. The van der Waals surface area contributed by atoms with Gasteiger partial charge in [0.2, 0.25) is 17.0 Å². The maximum Gasteiger partial charge on any atom is 0.239 e. The molecular formula is C16H17N5O3S2. The first kappa shape index (κ1) is 18.2. The van der Waals surface area contributed by atoms with Crippen LogP contribution in [-0.4, -0.2) is 51.2 Å². The normalized spacial score (nSPS) is 10.7. The van der Waals surface area contributed by atoms with Gasteiger partial charge in [0, 0.05) is 7.05 Å². The van der Waals surface area contributed by atoms with Gasteiger partial charge in [0.05, 0.1) is 30.0 Å². The number of H-pyrrole nitrogens is 1. The molecule has 3 aromatic rings. The number of thiophene rings is 1. The molecule has 10 heteroatoms. The Morgan fingerprint density at radius 2 is 2.27 bits per heavy atom. The summed E-state index contributed by atoms with van der Waals surface area (Å²) in [6.45, 7) is 0.278. The molecule has 0 saturated carbocycles. The molecule has 0 aliphatic heterocycles. The van der Waals surface area contributed by atoms with Crippen molar-refractivity contribution in [3.63, 3.8) is 0 Å². The van der Waals surface area contributed by atoms with Gasteiger partial charge in [-0.2, -0.15) is 0 Å². The van der Waals surface area contributed by atoms with E-state index in [2.05, 4.69) is 20.5 Å². The van der Waals surface area contributed by atoms with Crippen LogP contribution in [0.3, 0.4) is 0 Å². The van der Waals surface area contributed by atoms with E-state index in [-0.39, 0.29) is 24.1 Å². The Morgan fingerprint density at radius 1 is 1.38 bits per heavy atom. The number of nitrogens with one attached hydrogen (secondary N) is 2. The Balaban J connectivity index is 1.42. The summed E-state index contributed by atoms with van der Waals surface area (Å²) >= 11 is 2.79. The fourth-order valence-electron chi connectivity index (χ4n) is 2.03. The second-order valence-corrected chi connectivity index (χ2v) is 7.23. The molecule has 0 atom stereocenters. The van der Waals surface area contributed by atoms with E-state index in [9.17, 15) is 9.59 Å². The minimum Gasteiger partial charge on any atom is -0.467 e. The summed E-state index contributed by atoms with van der Waals surface area (Å²) in [5.41, 5.74) is 0. The van der Waals surface area contributed by atoms with Crippen LogP contribution >= 0.6 is 23.1 Å². The first-order valence-corrected chi connectivity index (χ1v) is 9.60. The first-order chi connectivity index (χ1) is 12.6. The Morgan fingerprint density at radius 3 is 3.00 bits per heavy atom. The molecule has 0 bridgehead atoms. The predicted octanol–water partition coefficient (Wildman–Crippen LogP) is 1.99. The van der Waals surface area contributed by atoms with E-state index < -0.39 is 0 Å². The quantitative estimate of drug-likeness (QED) is 0.569. The van der Waals surface area contributed by atoms with Crippen LogP contribution in [0.4, 0.5) is 0 Å². The number of nitrogens with zero attached hydrogens (tertiary/aromatic N) is 3. The number of hydrogen-bond acceptors (Lipinski definition) is 7. The van der Waals surface area contributed by atoms with E-state index in [4.69, 9.17) is 4.42 Å². The van der Waals surface area contributed by atoms with E-state index >= 15 is 0 Å². The second kappa shape index (κ2) is 8.68. The van der Waals surface area contributed by atoms with Gasteiger partial charge in [-0.1, -0.05) is 17.8 Å². The zero-order valence-electron chi connectivity index (χ0n) is 14.0. The lowest BCUT2D eigenvalue weighted by Gasteiger charge is -2.15. The fourth-order valence-corrected chi connectivity index (χ4v) is 3.43. The maximum atomic E-state index is 12.2. The largest absolute Gasteiger partial charge is 0.467 e. The van der Waals surface area contributed by atoms with Crippen LogP contribution in [-0.2, 0) is 16.1 Å². The van der Waals surface area contributed by atoms with E-state index in [0.717, 1.165) is 4.88 Å². The third kappa shape index (κ3) is 4.96. The summed E-state index contributed by atoms with van der Waals surface area (Å²) in [5.74, 6) is 1.07. The van der Waals surface area contributed by atoms with Crippen molar-refractivity contribution in [3.8, 4) is 10.7 Å². The number of carbonyl (C=O) groups excluding carboxylic acids is 2. The highest BCUT2D eigenvalue weighted by Gasteiger charge is 2.15. The Bertz CT molecular complexity index is 845. The van der Waals surface area contributed by atoms with Crippen molar-refractivity contribution in [2.75, 3.05) is 19.3 Å². The molecule has 0 unspecified atom stereocenters. The van der Waals surface area contributed by atoms with Crippen LogP contribution in [0, 0.1) is 0 Å². The molecule has 3 aromatic heterocycles. The molecule has 3 rings (SSSR count). The van der Waals surface area contributed by atoms with Gasteiger partial charge in [-0.15, -0.1) is 16.4 Å². The number of rotatable bonds is 8. The van der Waals surface area contributed by atoms with Crippen LogP contribution < -0.4 is 5.32 Å². The van der Waals surface area contributed by atoms with Crippen LogP contribution in [0.15, 0.2) is 45.5 Å². The van der Waals surface area contributed by atoms with Gasteiger partial charge in [0.1, 0.15) is 5.76 Å². The van der Waals surface area contributed by atoms with Crippen molar-refractivity contribution in [2.45, 2.75) is 11.7 Å². The highest BCUT2D eigenvalue weighted by atomic mass is 32.2. The molecular weight excluding hydrogens is 374 g/mol. The Hall–Kier alpha value is -2.59. The zero-order valence-corrected chi connectivity index (χ0v) is 15.6. The number of furan rings is 1. The minimum absolute atomic E-state index is 0.0193. The molecule has 0 aliphatic carbocycles. The molecule has 0 aliphatic rings. The predicted molar refractivity (Wildman–Crippen MR) is 98.6 cm³/mol. The van der Waals surface area contributed by atoms with Crippen LogP contribution in [0.2, 0.25) is 0 Å². The Labute approximate surface area is 158 Å². The summed E-state index contributed by atoms with van der Waals surface area (Å²) in [5, 5.41) is 12.1. The standard InChI is InChI=1S/C16H17N5O3S2/c1-21(9-13(22)17-8-11-4-2-6-24-11)14(23)10-26-16-18-15(19-20-16)12-5-3-7-25-12/h2-7H,8-10H2,1H3,(H,17,22)(H,18,19,20). The van der Waals surface area contributed by atoms with Crippen molar-refractivity contribution in [3.05, 3.63) is 41.7 Å². The number of aromatic amines is 1. The van der Waals surface area contributed by atoms with Crippen molar-refractivity contribution >= 4 is 34.9 Å². The monoisotopic (exact) mass is 391 g/mol. The van der Waals surface area contributed by atoms with E-state index in [1.165, 1.54) is 16.7 Å². The molecule has 0 aromatic carbocycles. The van der Waals surface area contributed by atoms with E-state index in [1.54, 1.807) is 36.8 Å². The van der Waals surface area contributed by atoms with Crippen LogP contribution in [0.5, 0.6) is 0 Å². The average molecular weight is 391 g/mol. The third-order valence-corrected chi connectivity index (χ3v) is 5.10. The minimum atomic E-state index is -0.250. The van der Waals surface area contributed by atoms with Gasteiger partial charge in [-0.05, 0) is 23.6 Å². The van der Waals surface area contributed by atoms with Gasteiger partial charge >= 0.3 is 0 Å². The zero-order chi connectivity index (χ0) is 18.4. The molecule has 2 amide bonds. The van der Waals surface area contributed by atoms with Gasteiger partial charge in [0.25, 0.3) is 0 Å². The number of amides is 2. The molecule has 3 heterocycles. The van der Waals surface area contributed by atoms with Crippen molar-refractivity contribution < 1.29 is 14.0 Å². The summed E-state index contributed by atoms with van der Waals surface area (Å²) in [6, 6.07) is 7.40. The average Bonchev–Trinajstić information content (AvgIpc) is 3.39. The van der Waals surface area contributed by atoms with E-state index in [0.29, 0.717) is 23.3 Å². The van der Waals surface area contributed by atoms with Crippen LogP contribution in [0.1, 0.15) is 5.76 Å². The number of likely N-dealkylation sites (N-methyl/N-ethyl adjacent to an activating group) is 1. The molecule has 0 fully saturated rings. The van der Waals surface area contributed by atoms with Crippen LogP contribution in [0.25, 0.3) is 10.7 Å². The topological polar surface area (TPSA) is 104 Å². The fraction of sp³-hybridized carbons (Fsp3) is 0.250. The summed E-state index contributed by atoms with van der Waals surface area (Å²) < 4.78 is 5.14.